The molecule has 1 aromatic carbocycles. The number of hydrogen-bond donors (Lipinski definition) is 1. The largest absolute Gasteiger partial charge is 0.380 e. The van der Waals surface area contributed by atoms with Crippen LogP contribution < -0.4 is 5.32 Å². The number of unbranched alkanes of at least 4 members (excludes halogenated alkanes) is 2. The Balaban J connectivity index is 2.92. The van der Waals surface area contributed by atoms with E-state index < -0.39 is 9.05 Å². The molecule has 0 unspecified atom stereocenters. The molecule has 0 atom stereocenters. The van der Waals surface area contributed by atoms with E-state index in [1.165, 1.54) is 13.2 Å². The van der Waals surface area contributed by atoms with Crippen LogP contribution in [0.25, 0.3) is 0 Å². The second-order valence-electron chi connectivity index (χ2n) is 4.66. The second kappa shape index (κ2) is 8.36. The van der Waals surface area contributed by atoms with Crippen molar-refractivity contribution in [3.63, 3.8) is 0 Å². The Morgan fingerprint density at radius 2 is 2.05 bits per heavy atom. The molecule has 21 heavy (non-hydrogen) atoms. The van der Waals surface area contributed by atoms with Gasteiger partial charge in [-0.15, -0.1) is 0 Å². The average Bonchev–Trinajstić information content (AvgIpc) is 2.43. The van der Waals surface area contributed by atoms with Gasteiger partial charge < -0.3 is 10.1 Å². The first-order valence-electron chi connectivity index (χ1n) is 6.75. The Morgan fingerprint density at radius 1 is 1.33 bits per heavy atom. The predicted molar refractivity (Wildman–Crippen MR) is 82.1 cm³/mol. The van der Waals surface area contributed by atoms with E-state index in [1.807, 2.05) is 0 Å². The summed E-state index contributed by atoms with van der Waals surface area (Å²) in [6.45, 7) is 2.75. The van der Waals surface area contributed by atoms with Crippen LogP contribution in [-0.2, 0) is 20.4 Å². The van der Waals surface area contributed by atoms with Gasteiger partial charge in [-0.25, -0.2) is 8.42 Å². The molecule has 1 N–H and O–H groups in total. The molecule has 0 aromatic heterocycles. The van der Waals surface area contributed by atoms with Crippen LogP contribution in [0.5, 0.6) is 0 Å². The summed E-state index contributed by atoms with van der Waals surface area (Å²) < 4.78 is 28.1. The van der Waals surface area contributed by atoms with Crippen molar-refractivity contribution in [1.82, 2.24) is 5.32 Å². The third-order valence-electron chi connectivity index (χ3n) is 2.96. The Bertz CT molecular complexity index is 587. The number of rotatable bonds is 8. The van der Waals surface area contributed by atoms with Gasteiger partial charge in [0.05, 0.1) is 11.5 Å². The fourth-order valence-corrected chi connectivity index (χ4v) is 3.02. The summed E-state index contributed by atoms with van der Waals surface area (Å²) in [5, 5.41) is 2.76. The average molecular weight is 334 g/mol. The van der Waals surface area contributed by atoms with Crippen LogP contribution in [0.15, 0.2) is 23.1 Å². The van der Waals surface area contributed by atoms with Crippen molar-refractivity contribution in [2.75, 3.05) is 13.7 Å². The number of carbonyl (C=O) groups excluding carboxylic acids is 1. The van der Waals surface area contributed by atoms with Crippen LogP contribution in [0.4, 0.5) is 0 Å². The molecular weight excluding hydrogens is 314 g/mol. The number of hydrogen-bond acceptors (Lipinski definition) is 4. The van der Waals surface area contributed by atoms with Gasteiger partial charge in [0.1, 0.15) is 0 Å². The maximum absolute atomic E-state index is 12.0. The van der Waals surface area contributed by atoms with E-state index in [2.05, 4.69) is 12.2 Å². The highest BCUT2D eigenvalue weighted by atomic mass is 35.7. The number of amides is 1. The third-order valence-corrected chi connectivity index (χ3v) is 4.36. The SMILES string of the molecule is CCCCCNC(=O)c1ccc(COC)c(S(=O)(=O)Cl)c1. The lowest BCUT2D eigenvalue weighted by atomic mass is 10.1. The van der Waals surface area contributed by atoms with Gasteiger partial charge in [0.15, 0.2) is 0 Å². The molecule has 0 fully saturated rings. The minimum atomic E-state index is -3.93. The highest BCUT2D eigenvalue weighted by molar-refractivity contribution is 8.13. The van der Waals surface area contributed by atoms with Crippen molar-refractivity contribution in [1.29, 1.82) is 0 Å². The Hall–Kier alpha value is -1.11. The van der Waals surface area contributed by atoms with Crippen molar-refractivity contribution < 1.29 is 17.9 Å². The van der Waals surface area contributed by atoms with E-state index in [4.69, 9.17) is 15.4 Å². The lowest BCUT2D eigenvalue weighted by molar-refractivity contribution is 0.0952. The number of benzene rings is 1. The van der Waals surface area contributed by atoms with Crippen LogP contribution in [0, 0.1) is 0 Å². The summed E-state index contributed by atoms with van der Waals surface area (Å²) in [6.07, 6.45) is 3.00. The molecule has 0 radical (unpaired) electrons. The molecule has 7 heteroatoms. The van der Waals surface area contributed by atoms with E-state index >= 15 is 0 Å². The molecule has 0 heterocycles. The third kappa shape index (κ3) is 5.65. The van der Waals surface area contributed by atoms with Gasteiger partial charge in [-0.1, -0.05) is 25.8 Å². The minimum Gasteiger partial charge on any atom is -0.380 e. The van der Waals surface area contributed by atoms with Crippen molar-refractivity contribution in [3.05, 3.63) is 29.3 Å². The molecular formula is C14H20ClNO4S. The molecule has 0 aliphatic heterocycles. The monoisotopic (exact) mass is 333 g/mol. The van der Waals surface area contributed by atoms with Crippen molar-refractivity contribution >= 4 is 25.6 Å². The lowest BCUT2D eigenvalue weighted by Gasteiger charge is -2.09. The van der Waals surface area contributed by atoms with Gasteiger partial charge in [-0.05, 0) is 24.1 Å². The number of ether oxygens (including phenoxy) is 1. The fourth-order valence-electron chi connectivity index (χ4n) is 1.88. The van der Waals surface area contributed by atoms with Crippen molar-refractivity contribution in [2.45, 2.75) is 37.7 Å². The number of halogens is 1. The summed E-state index contributed by atoms with van der Waals surface area (Å²) in [7, 11) is 2.94. The van der Waals surface area contributed by atoms with Crippen LogP contribution >= 0.6 is 10.7 Å². The predicted octanol–water partition coefficient (Wildman–Crippen LogP) is 2.68. The number of nitrogens with one attached hydrogen (secondary N) is 1. The van der Waals surface area contributed by atoms with E-state index in [0.29, 0.717) is 12.1 Å². The van der Waals surface area contributed by atoms with Crippen molar-refractivity contribution in [2.24, 2.45) is 0 Å². The minimum absolute atomic E-state index is 0.0905. The van der Waals surface area contributed by atoms with E-state index in [-0.39, 0.29) is 23.0 Å². The molecule has 1 aromatic rings. The Labute approximate surface area is 130 Å². The van der Waals surface area contributed by atoms with Crippen LogP contribution in [0.1, 0.15) is 42.1 Å². The second-order valence-corrected chi connectivity index (χ2v) is 7.19. The molecule has 0 saturated carbocycles. The highest BCUT2D eigenvalue weighted by Gasteiger charge is 2.18. The molecule has 118 valence electrons. The van der Waals surface area contributed by atoms with Crippen LogP contribution in [0.3, 0.4) is 0 Å². The maximum Gasteiger partial charge on any atom is 0.261 e. The first-order valence-corrected chi connectivity index (χ1v) is 9.05. The zero-order chi connectivity index (χ0) is 15.9. The van der Waals surface area contributed by atoms with E-state index in [9.17, 15) is 13.2 Å². The zero-order valence-corrected chi connectivity index (χ0v) is 13.8. The summed E-state index contributed by atoms with van der Waals surface area (Å²) in [6, 6.07) is 4.39. The summed E-state index contributed by atoms with van der Waals surface area (Å²) >= 11 is 0. The van der Waals surface area contributed by atoms with Gasteiger partial charge in [0.25, 0.3) is 15.0 Å². The van der Waals surface area contributed by atoms with Crippen LogP contribution in [-0.4, -0.2) is 28.0 Å². The zero-order valence-electron chi connectivity index (χ0n) is 12.2. The Kier molecular flexibility index (Phi) is 7.14. The van der Waals surface area contributed by atoms with Gasteiger partial charge in [0.2, 0.25) is 0 Å². The Morgan fingerprint density at radius 3 is 2.62 bits per heavy atom. The van der Waals surface area contributed by atoms with Gasteiger partial charge in [-0.3, -0.25) is 4.79 Å². The van der Waals surface area contributed by atoms with Gasteiger partial charge in [-0.2, -0.15) is 0 Å². The molecule has 5 nitrogen and oxygen atoms in total. The molecule has 0 aliphatic carbocycles. The molecule has 1 rings (SSSR count). The van der Waals surface area contributed by atoms with Crippen LogP contribution in [0.2, 0.25) is 0 Å². The first-order chi connectivity index (χ1) is 9.90. The topological polar surface area (TPSA) is 72.5 Å². The lowest BCUT2D eigenvalue weighted by Crippen LogP contribution is -2.24. The summed E-state index contributed by atoms with van der Waals surface area (Å²) in [5.41, 5.74) is 0.695. The molecule has 0 aliphatic rings. The fraction of sp³-hybridized carbons (Fsp3) is 0.500. The highest BCUT2D eigenvalue weighted by Crippen LogP contribution is 2.22. The molecule has 0 spiro atoms. The van der Waals surface area contributed by atoms with Gasteiger partial charge in [0, 0.05) is 29.9 Å². The van der Waals surface area contributed by atoms with Gasteiger partial charge >= 0.3 is 0 Å². The first kappa shape index (κ1) is 17.9. The standard InChI is InChI=1S/C14H20ClNO4S/c1-3-4-5-8-16-14(17)11-6-7-12(10-20-2)13(9-11)21(15,18)19/h6-7,9H,3-5,8,10H2,1-2H3,(H,16,17). The molecule has 0 bridgehead atoms. The van der Waals surface area contributed by atoms with Crippen molar-refractivity contribution in [3.8, 4) is 0 Å². The van der Waals surface area contributed by atoms with E-state index in [1.54, 1.807) is 12.1 Å². The maximum atomic E-state index is 12.0. The smallest absolute Gasteiger partial charge is 0.261 e. The molecule has 1 amide bonds. The quantitative estimate of drug-likeness (QED) is 0.586. The number of methoxy groups -OCH3 is 1. The molecule has 0 saturated heterocycles. The van der Waals surface area contributed by atoms with E-state index in [0.717, 1.165) is 19.3 Å². The normalized spacial score (nSPS) is 11.4. The summed E-state index contributed by atoms with van der Waals surface area (Å²) in [4.78, 5) is 11.9. The number of carbonyl (C=O) groups is 1. The summed E-state index contributed by atoms with van der Waals surface area (Å²) in [5.74, 6) is -0.309.